The minimum Gasteiger partial charge on any atom is -0.313 e. The van der Waals surface area contributed by atoms with Crippen molar-refractivity contribution in [1.29, 1.82) is 0 Å². The number of likely N-dealkylation sites (N-methyl/N-ethyl adjacent to an activating group) is 1. The van der Waals surface area contributed by atoms with Gasteiger partial charge in [0.05, 0.1) is 0 Å². The summed E-state index contributed by atoms with van der Waals surface area (Å²) in [5, 5.41) is 5.79. The zero-order valence-corrected chi connectivity index (χ0v) is 13.0. The lowest BCUT2D eigenvalue weighted by Crippen LogP contribution is -2.43. The van der Waals surface area contributed by atoms with Crippen LogP contribution in [0.5, 0.6) is 0 Å². The quantitative estimate of drug-likeness (QED) is 0.818. The van der Waals surface area contributed by atoms with Crippen molar-refractivity contribution < 1.29 is 0 Å². The molecule has 1 aromatic heterocycles. The highest BCUT2D eigenvalue weighted by Gasteiger charge is 2.27. The Labute approximate surface area is 112 Å². The van der Waals surface area contributed by atoms with Gasteiger partial charge in [-0.1, -0.05) is 27.7 Å². The molecule has 0 amide bonds. The predicted octanol–water partition coefficient (Wildman–Crippen LogP) is 4.47. The molecule has 1 aromatic rings. The fraction of sp³-hybridized carbons (Fsp3) is 0.692. The Morgan fingerprint density at radius 3 is 2.56 bits per heavy atom. The first-order valence-electron chi connectivity index (χ1n) is 5.96. The van der Waals surface area contributed by atoms with Gasteiger partial charge in [-0.2, -0.15) is 0 Å². The Bertz CT molecular complexity index is 319. The van der Waals surface area contributed by atoms with Gasteiger partial charge in [0.2, 0.25) is 0 Å². The molecule has 3 heteroatoms. The third kappa shape index (κ3) is 3.86. The number of halogens is 1. The highest BCUT2D eigenvalue weighted by molar-refractivity contribution is 9.10. The van der Waals surface area contributed by atoms with E-state index in [1.807, 2.05) is 11.3 Å². The summed E-state index contributed by atoms with van der Waals surface area (Å²) in [5.74, 6) is 0. The summed E-state index contributed by atoms with van der Waals surface area (Å²) in [6.45, 7) is 10.2. The summed E-state index contributed by atoms with van der Waals surface area (Å²) >= 11 is 5.36. The molecule has 1 atom stereocenters. The minimum absolute atomic E-state index is 0.354. The van der Waals surface area contributed by atoms with E-state index < -0.39 is 0 Å². The molecule has 0 aromatic carbocycles. The third-order valence-corrected chi connectivity index (χ3v) is 5.05. The van der Waals surface area contributed by atoms with E-state index in [-0.39, 0.29) is 0 Å². The van der Waals surface area contributed by atoms with Gasteiger partial charge < -0.3 is 5.32 Å². The van der Waals surface area contributed by atoms with Crippen molar-refractivity contribution in [2.75, 3.05) is 6.54 Å². The van der Waals surface area contributed by atoms with Crippen molar-refractivity contribution in [3.8, 4) is 0 Å². The van der Waals surface area contributed by atoms with Crippen LogP contribution in [0.3, 0.4) is 0 Å². The predicted molar refractivity (Wildman–Crippen MR) is 77.3 cm³/mol. The fourth-order valence-corrected chi connectivity index (χ4v) is 3.28. The normalized spacial score (nSPS) is 14.1. The molecular formula is C13H22BrNS. The molecule has 0 spiro atoms. The first kappa shape index (κ1) is 14.2. The van der Waals surface area contributed by atoms with E-state index in [1.54, 1.807) is 0 Å². The summed E-state index contributed by atoms with van der Waals surface area (Å²) in [6, 6.07) is 2.80. The van der Waals surface area contributed by atoms with Crippen molar-refractivity contribution in [2.45, 2.75) is 46.6 Å². The maximum absolute atomic E-state index is 3.62. The molecular weight excluding hydrogens is 282 g/mol. The van der Waals surface area contributed by atoms with Gasteiger partial charge in [0.15, 0.2) is 0 Å². The third-order valence-electron chi connectivity index (χ3n) is 3.33. The molecule has 1 nitrogen and oxygen atoms in total. The first-order chi connectivity index (χ1) is 7.49. The molecule has 0 radical (unpaired) electrons. The van der Waals surface area contributed by atoms with Crippen LogP contribution < -0.4 is 5.32 Å². The topological polar surface area (TPSA) is 12.0 Å². The molecule has 0 aliphatic carbocycles. The fourth-order valence-electron chi connectivity index (χ4n) is 1.78. The molecule has 0 saturated heterocycles. The Morgan fingerprint density at radius 1 is 1.44 bits per heavy atom. The molecule has 16 heavy (non-hydrogen) atoms. The van der Waals surface area contributed by atoms with E-state index in [0.717, 1.165) is 13.0 Å². The van der Waals surface area contributed by atoms with Crippen molar-refractivity contribution in [3.05, 3.63) is 20.8 Å². The molecule has 0 fully saturated rings. The van der Waals surface area contributed by atoms with Crippen LogP contribution in [0.1, 0.15) is 39.0 Å². The molecule has 0 aliphatic rings. The van der Waals surface area contributed by atoms with Gasteiger partial charge in [0.25, 0.3) is 0 Å². The summed E-state index contributed by atoms with van der Waals surface area (Å²) in [5.41, 5.74) is 0.354. The highest BCUT2D eigenvalue weighted by Crippen LogP contribution is 2.29. The van der Waals surface area contributed by atoms with E-state index in [1.165, 1.54) is 15.8 Å². The van der Waals surface area contributed by atoms with Gasteiger partial charge in [-0.25, -0.2) is 0 Å². The van der Waals surface area contributed by atoms with Crippen LogP contribution >= 0.6 is 27.3 Å². The lowest BCUT2D eigenvalue weighted by molar-refractivity contribution is 0.233. The van der Waals surface area contributed by atoms with Gasteiger partial charge in [-0.3, -0.25) is 0 Å². The number of hydrogen-bond acceptors (Lipinski definition) is 2. The molecule has 1 rings (SSSR count). The average molecular weight is 304 g/mol. The van der Waals surface area contributed by atoms with Crippen molar-refractivity contribution >= 4 is 27.3 Å². The average Bonchev–Trinajstić information content (AvgIpc) is 2.63. The molecule has 1 heterocycles. The lowest BCUT2D eigenvalue weighted by Gasteiger charge is -2.34. The Kier molecular flexibility index (Phi) is 5.48. The Balaban J connectivity index is 2.71. The number of thiophene rings is 1. The van der Waals surface area contributed by atoms with Crippen LogP contribution in [0.2, 0.25) is 0 Å². The molecule has 0 bridgehead atoms. The number of hydrogen-bond donors (Lipinski definition) is 1. The highest BCUT2D eigenvalue weighted by atomic mass is 79.9. The summed E-state index contributed by atoms with van der Waals surface area (Å²) in [7, 11) is 0. The number of rotatable bonds is 6. The second kappa shape index (κ2) is 6.18. The van der Waals surface area contributed by atoms with Crippen LogP contribution in [0, 0.1) is 5.41 Å². The van der Waals surface area contributed by atoms with Gasteiger partial charge in [-0.05, 0) is 46.8 Å². The van der Waals surface area contributed by atoms with Crippen LogP contribution in [0.4, 0.5) is 0 Å². The Hall–Kier alpha value is 0.140. The van der Waals surface area contributed by atoms with E-state index in [0.29, 0.717) is 11.5 Å². The van der Waals surface area contributed by atoms with Crippen LogP contribution in [0.25, 0.3) is 0 Å². The molecule has 1 unspecified atom stereocenters. The van der Waals surface area contributed by atoms with Crippen LogP contribution in [0.15, 0.2) is 15.9 Å². The maximum Gasteiger partial charge on any atom is 0.0285 e. The van der Waals surface area contributed by atoms with Crippen LogP contribution in [-0.2, 0) is 6.42 Å². The van der Waals surface area contributed by atoms with Gasteiger partial charge in [-0.15, -0.1) is 11.3 Å². The second-order valence-electron chi connectivity index (χ2n) is 4.89. The number of nitrogens with one attached hydrogen (secondary N) is 1. The first-order valence-corrected chi connectivity index (χ1v) is 7.63. The maximum atomic E-state index is 3.62. The lowest BCUT2D eigenvalue weighted by atomic mass is 9.80. The SMILES string of the molecule is CCNC(Cc1cc(Br)cs1)C(C)(C)CC. The Morgan fingerprint density at radius 2 is 2.12 bits per heavy atom. The van der Waals surface area contributed by atoms with Gasteiger partial charge >= 0.3 is 0 Å². The largest absolute Gasteiger partial charge is 0.313 e. The van der Waals surface area contributed by atoms with Gasteiger partial charge in [0, 0.05) is 20.8 Å². The molecule has 1 N–H and O–H groups in total. The minimum atomic E-state index is 0.354. The van der Waals surface area contributed by atoms with E-state index in [4.69, 9.17) is 0 Å². The van der Waals surface area contributed by atoms with E-state index in [9.17, 15) is 0 Å². The van der Waals surface area contributed by atoms with Crippen molar-refractivity contribution in [1.82, 2.24) is 5.32 Å². The van der Waals surface area contributed by atoms with Crippen molar-refractivity contribution in [3.63, 3.8) is 0 Å². The zero-order chi connectivity index (χ0) is 12.2. The van der Waals surface area contributed by atoms with E-state index >= 15 is 0 Å². The van der Waals surface area contributed by atoms with Gasteiger partial charge in [0.1, 0.15) is 0 Å². The molecule has 92 valence electrons. The standard InChI is InChI=1S/C13H22BrNS/c1-5-13(3,4)12(15-6-2)8-11-7-10(14)9-16-11/h7,9,12,15H,5-6,8H2,1-4H3. The van der Waals surface area contributed by atoms with Crippen molar-refractivity contribution in [2.24, 2.45) is 5.41 Å². The summed E-state index contributed by atoms with van der Waals surface area (Å²) in [6.07, 6.45) is 2.34. The summed E-state index contributed by atoms with van der Waals surface area (Å²) < 4.78 is 1.21. The monoisotopic (exact) mass is 303 g/mol. The van der Waals surface area contributed by atoms with E-state index in [2.05, 4.69) is 60.4 Å². The second-order valence-corrected chi connectivity index (χ2v) is 6.80. The molecule has 0 saturated carbocycles. The molecule has 0 aliphatic heterocycles. The zero-order valence-electron chi connectivity index (χ0n) is 10.6. The van der Waals surface area contributed by atoms with Crippen LogP contribution in [-0.4, -0.2) is 12.6 Å². The summed E-state index contributed by atoms with van der Waals surface area (Å²) in [4.78, 5) is 1.46. The smallest absolute Gasteiger partial charge is 0.0285 e.